The number of carboxylic acid groups (broad SMARTS) is 1. The van der Waals surface area contributed by atoms with Crippen LogP contribution in [0.1, 0.15) is 34.8 Å². The molecule has 0 aliphatic carbocycles. The Morgan fingerprint density at radius 3 is 2.88 bits per heavy atom. The first-order chi connectivity index (χ1) is 12.5. The van der Waals surface area contributed by atoms with Crippen molar-refractivity contribution in [3.05, 3.63) is 59.4 Å². The van der Waals surface area contributed by atoms with E-state index in [1.807, 2.05) is 0 Å². The number of carbonyl (C=O) groups is 2. The predicted octanol–water partition coefficient (Wildman–Crippen LogP) is 2.93. The molecule has 0 bridgehead atoms. The van der Waals surface area contributed by atoms with E-state index in [0.717, 1.165) is 0 Å². The van der Waals surface area contributed by atoms with Gasteiger partial charge in [-0.1, -0.05) is 18.2 Å². The van der Waals surface area contributed by atoms with Crippen LogP contribution in [-0.4, -0.2) is 30.2 Å². The number of amides is 1. The van der Waals surface area contributed by atoms with Crippen molar-refractivity contribution in [3.8, 4) is 11.5 Å². The Hall–Kier alpha value is -3.09. The second-order valence-corrected chi connectivity index (χ2v) is 5.89. The van der Waals surface area contributed by atoms with Gasteiger partial charge in [-0.15, -0.1) is 0 Å². The van der Waals surface area contributed by atoms with Crippen LogP contribution in [0.3, 0.4) is 0 Å². The lowest BCUT2D eigenvalue weighted by Crippen LogP contribution is -2.28. The Labute approximate surface area is 149 Å². The number of aliphatic carboxylic acids is 1. The predicted molar refractivity (Wildman–Crippen MR) is 90.9 cm³/mol. The fourth-order valence-corrected chi connectivity index (χ4v) is 2.83. The number of nitrogens with one attached hydrogen (secondary N) is 1. The molecule has 0 radical (unpaired) electrons. The molecule has 1 aliphatic heterocycles. The average Bonchev–Trinajstić information content (AvgIpc) is 2.84. The van der Waals surface area contributed by atoms with E-state index in [4.69, 9.17) is 14.6 Å². The minimum Gasteiger partial charge on any atom is -0.490 e. The summed E-state index contributed by atoms with van der Waals surface area (Å²) in [5, 5.41) is 11.6. The second-order valence-electron chi connectivity index (χ2n) is 5.89. The molecule has 7 heteroatoms. The normalized spacial score (nSPS) is 16.0. The maximum atomic E-state index is 14.0. The van der Waals surface area contributed by atoms with Crippen LogP contribution >= 0.6 is 0 Å². The Morgan fingerprint density at radius 1 is 1.27 bits per heavy atom. The Balaban J connectivity index is 1.77. The number of fused-ring (bicyclic) bond motifs is 1. The summed E-state index contributed by atoms with van der Waals surface area (Å²) < 4.78 is 24.5. The van der Waals surface area contributed by atoms with Crippen LogP contribution in [0.25, 0.3) is 0 Å². The van der Waals surface area contributed by atoms with Gasteiger partial charge in [0.2, 0.25) is 0 Å². The van der Waals surface area contributed by atoms with Gasteiger partial charge in [-0.05, 0) is 37.1 Å². The summed E-state index contributed by atoms with van der Waals surface area (Å²) in [7, 11) is 0. The van der Waals surface area contributed by atoms with Crippen molar-refractivity contribution in [1.29, 1.82) is 0 Å². The summed E-state index contributed by atoms with van der Waals surface area (Å²) in [6.07, 6.45) is 1.30. The minimum absolute atomic E-state index is 0.175. The van der Waals surface area contributed by atoms with E-state index in [0.29, 0.717) is 30.6 Å². The summed E-state index contributed by atoms with van der Waals surface area (Å²) in [5.74, 6) is -1.44. The zero-order valence-electron chi connectivity index (χ0n) is 13.9. The van der Waals surface area contributed by atoms with Crippen molar-refractivity contribution in [2.24, 2.45) is 0 Å². The van der Waals surface area contributed by atoms with Gasteiger partial charge < -0.3 is 19.9 Å². The summed E-state index contributed by atoms with van der Waals surface area (Å²) in [4.78, 5) is 23.2. The van der Waals surface area contributed by atoms with E-state index in [9.17, 15) is 14.0 Å². The van der Waals surface area contributed by atoms with Crippen LogP contribution in [0.5, 0.6) is 11.5 Å². The second kappa shape index (κ2) is 7.86. The zero-order chi connectivity index (χ0) is 18.5. The van der Waals surface area contributed by atoms with Crippen molar-refractivity contribution < 1.29 is 28.6 Å². The number of para-hydroxylation sites is 1. The number of carboxylic acids is 1. The first-order valence-corrected chi connectivity index (χ1v) is 8.21. The molecule has 2 aromatic carbocycles. The molecule has 26 heavy (non-hydrogen) atoms. The van der Waals surface area contributed by atoms with E-state index in [-0.39, 0.29) is 23.4 Å². The first kappa shape index (κ1) is 17.7. The molecule has 1 atom stereocenters. The van der Waals surface area contributed by atoms with E-state index in [2.05, 4.69) is 5.32 Å². The highest BCUT2D eigenvalue weighted by Crippen LogP contribution is 2.33. The summed E-state index contributed by atoms with van der Waals surface area (Å²) in [6, 6.07) is 10.5. The van der Waals surface area contributed by atoms with Gasteiger partial charge in [0.1, 0.15) is 5.75 Å². The van der Waals surface area contributed by atoms with Crippen LogP contribution in [0, 0.1) is 5.82 Å². The molecule has 2 aromatic rings. The number of rotatable bonds is 5. The summed E-state index contributed by atoms with van der Waals surface area (Å²) in [5.41, 5.74) is 0.935. The SMILES string of the molecule is O=C(O)COc1cccc(C(=O)NC2CCCOc3c(F)cccc32)c1. The number of hydrogen-bond acceptors (Lipinski definition) is 4. The molecule has 2 N–H and O–H groups in total. The van der Waals surface area contributed by atoms with Gasteiger partial charge >= 0.3 is 5.97 Å². The third kappa shape index (κ3) is 4.11. The molecule has 0 saturated heterocycles. The topological polar surface area (TPSA) is 84.9 Å². The lowest BCUT2D eigenvalue weighted by molar-refractivity contribution is -0.139. The molecule has 1 heterocycles. The summed E-state index contributed by atoms with van der Waals surface area (Å²) in [6.45, 7) is -0.101. The van der Waals surface area contributed by atoms with Crippen molar-refractivity contribution in [2.45, 2.75) is 18.9 Å². The van der Waals surface area contributed by atoms with Gasteiger partial charge in [0.25, 0.3) is 5.91 Å². The molecule has 1 amide bonds. The largest absolute Gasteiger partial charge is 0.490 e. The van der Waals surface area contributed by atoms with Crippen molar-refractivity contribution in [1.82, 2.24) is 5.32 Å². The number of halogens is 1. The molecule has 3 rings (SSSR count). The van der Waals surface area contributed by atoms with Gasteiger partial charge in [0.15, 0.2) is 18.2 Å². The zero-order valence-corrected chi connectivity index (χ0v) is 13.9. The monoisotopic (exact) mass is 359 g/mol. The van der Waals surface area contributed by atoms with E-state index in [1.165, 1.54) is 12.1 Å². The molecule has 0 spiro atoms. The fraction of sp³-hybridized carbons (Fsp3) is 0.263. The van der Waals surface area contributed by atoms with Crippen LogP contribution < -0.4 is 14.8 Å². The molecular weight excluding hydrogens is 341 g/mol. The highest BCUT2D eigenvalue weighted by atomic mass is 19.1. The van der Waals surface area contributed by atoms with Crippen molar-refractivity contribution in [2.75, 3.05) is 13.2 Å². The third-order valence-corrected chi connectivity index (χ3v) is 4.02. The maximum Gasteiger partial charge on any atom is 0.341 e. The van der Waals surface area contributed by atoms with Crippen molar-refractivity contribution >= 4 is 11.9 Å². The van der Waals surface area contributed by atoms with E-state index < -0.39 is 18.4 Å². The van der Waals surface area contributed by atoms with Crippen LogP contribution in [0.2, 0.25) is 0 Å². The molecule has 136 valence electrons. The fourth-order valence-electron chi connectivity index (χ4n) is 2.83. The molecule has 1 unspecified atom stereocenters. The Morgan fingerprint density at radius 2 is 2.08 bits per heavy atom. The van der Waals surface area contributed by atoms with Crippen LogP contribution in [-0.2, 0) is 4.79 Å². The highest BCUT2D eigenvalue weighted by Gasteiger charge is 2.24. The Bertz CT molecular complexity index is 823. The maximum absolute atomic E-state index is 14.0. The lowest BCUT2D eigenvalue weighted by atomic mass is 10.0. The van der Waals surface area contributed by atoms with Crippen LogP contribution in [0.4, 0.5) is 4.39 Å². The average molecular weight is 359 g/mol. The molecule has 0 fully saturated rings. The van der Waals surface area contributed by atoms with Gasteiger partial charge in [-0.25, -0.2) is 9.18 Å². The number of carbonyl (C=O) groups excluding carboxylic acids is 1. The molecule has 0 aromatic heterocycles. The molecule has 0 saturated carbocycles. The van der Waals surface area contributed by atoms with Gasteiger partial charge in [-0.3, -0.25) is 4.79 Å². The smallest absolute Gasteiger partial charge is 0.341 e. The third-order valence-electron chi connectivity index (χ3n) is 4.02. The molecular formula is C19H18FNO5. The number of hydrogen-bond donors (Lipinski definition) is 2. The quantitative estimate of drug-likeness (QED) is 0.857. The Kier molecular flexibility index (Phi) is 5.36. The standard InChI is InChI=1S/C19H18FNO5/c20-15-7-2-6-14-16(8-3-9-25-18(14)15)21-19(24)12-4-1-5-13(10-12)26-11-17(22)23/h1-2,4-7,10,16H,3,8-9,11H2,(H,21,24)(H,22,23). The van der Waals surface area contributed by atoms with Crippen LogP contribution in [0.15, 0.2) is 42.5 Å². The van der Waals surface area contributed by atoms with Gasteiger partial charge in [-0.2, -0.15) is 0 Å². The van der Waals surface area contributed by atoms with E-state index in [1.54, 1.807) is 30.3 Å². The van der Waals surface area contributed by atoms with Gasteiger partial charge in [0.05, 0.1) is 12.6 Å². The number of benzene rings is 2. The first-order valence-electron chi connectivity index (χ1n) is 8.21. The molecule has 1 aliphatic rings. The van der Waals surface area contributed by atoms with E-state index >= 15 is 0 Å². The lowest BCUT2D eigenvalue weighted by Gasteiger charge is -2.19. The molecule has 6 nitrogen and oxygen atoms in total. The number of ether oxygens (including phenoxy) is 2. The van der Waals surface area contributed by atoms with Gasteiger partial charge in [0, 0.05) is 11.1 Å². The van der Waals surface area contributed by atoms with Crippen molar-refractivity contribution in [3.63, 3.8) is 0 Å². The highest BCUT2D eigenvalue weighted by molar-refractivity contribution is 5.94. The minimum atomic E-state index is -1.10. The summed E-state index contributed by atoms with van der Waals surface area (Å²) >= 11 is 0.